The zero-order chi connectivity index (χ0) is 15.1. The second-order valence-corrected chi connectivity index (χ2v) is 4.94. The fraction of sp³-hybridized carbons (Fsp3) is 0.467. The molecule has 1 aromatic rings. The molecule has 1 aliphatic rings. The fourth-order valence-electron chi connectivity index (χ4n) is 2.02. The zero-order valence-corrected chi connectivity index (χ0v) is 12.2. The lowest BCUT2D eigenvalue weighted by Gasteiger charge is -2.22. The number of carbonyl (C=O) groups excluding carboxylic acids is 1. The number of ether oxygens (including phenoxy) is 2. The van der Waals surface area contributed by atoms with Crippen molar-refractivity contribution in [3.8, 4) is 0 Å². The van der Waals surface area contributed by atoms with Crippen molar-refractivity contribution in [2.45, 2.75) is 19.1 Å². The van der Waals surface area contributed by atoms with E-state index >= 15 is 0 Å². The molecule has 6 heteroatoms. The lowest BCUT2D eigenvalue weighted by Crippen LogP contribution is -2.28. The molecule has 0 atom stereocenters. The lowest BCUT2D eigenvalue weighted by molar-refractivity contribution is -0.144. The van der Waals surface area contributed by atoms with E-state index in [1.807, 2.05) is 6.92 Å². The number of anilines is 1. The first-order chi connectivity index (χ1) is 10.1. The van der Waals surface area contributed by atoms with Crippen molar-refractivity contribution in [1.82, 2.24) is 10.3 Å². The summed E-state index contributed by atoms with van der Waals surface area (Å²) in [4.78, 5) is 15.9. The first-order valence-corrected chi connectivity index (χ1v) is 7.00. The molecule has 0 saturated carbocycles. The number of carbonyl (C=O) groups is 1. The minimum Gasteiger partial charge on any atom is -0.370 e. The molecule has 1 aromatic heterocycles. The van der Waals surface area contributed by atoms with Crippen molar-refractivity contribution in [1.29, 1.82) is 0 Å². The van der Waals surface area contributed by atoms with E-state index in [0.717, 1.165) is 12.2 Å². The van der Waals surface area contributed by atoms with E-state index in [4.69, 9.17) is 9.47 Å². The molecule has 114 valence electrons. The Morgan fingerprint density at radius 3 is 2.86 bits per heavy atom. The summed E-state index contributed by atoms with van der Waals surface area (Å²) < 4.78 is 11.0. The Balaban J connectivity index is 1.79. The molecule has 1 amide bonds. The van der Waals surface area contributed by atoms with Gasteiger partial charge in [-0.05, 0) is 19.1 Å². The molecule has 0 unspecified atom stereocenters. The van der Waals surface area contributed by atoms with Gasteiger partial charge in [-0.15, -0.1) is 6.58 Å². The van der Waals surface area contributed by atoms with Crippen molar-refractivity contribution in [2.24, 2.45) is 0 Å². The van der Waals surface area contributed by atoms with Crippen LogP contribution < -0.4 is 10.6 Å². The minimum absolute atomic E-state index is 0.158. The summed E-state index contributed by atoms with van der Waals surface area (Å²) >= 11 is 0. The normalized spacial score (nSPS) is 16.4. The van der Waals surface area contributed by atoms with Crippen molar-refractivity contribution in [3.05, 3.63) is 36.5 Å². The Hall–Kier alpha value is -1.92. The average Bonchev–Trinajstić information content (AvgIpc) is 2.92. The number of amides is 1. The predicted molar refractivity (Wildman–Crippen MR) is 80.2 cm³/mol. The highest BCUT2D eigenvalue weighted by atomic mass is 16.7. The maximum Gasteiger partial charge on any atom is 0.253 e. The topological polar surface area (TPSA) is 72.5 Å². The molecule has 0 aromatic carbocycles. The Morgan fingerprint density at radius 1 is 1.48 bits per heavy atom. The number of nitrogens with one attached hydrogen (secondary N) is 2. The maximum absolute atomic E-state index is 11.7. The number of pyridine rings is 1. The van der Waals surface area contributed by atoms with Gasteiger partial charge in [0.05, 0.1) is 18.8 Å². The third-order valence-corrected chi connectivity index (χ3v) is 3.22. The molecular formula is C15H21N3O3. The van der Waals surface area contributed by atoms with E-state index in [0.29, 0.717) is 31.9 Å². The molecule has 1 saturated heterocycles. The molecule has 6 nitrogen and oxygen atoms in total. The van der Waals surface area contributed by atoms with Gasteiger partial charge >= 0.3 is 0 Å². The van der Waals surface area contributed by atoms with E-state index in [2.05, 4.69) is 22.2 Å². The highest BCUT2D eigenvalue weighted by Gasteiger charge is 2.30. The average molecular weight is 291 g/mol. The van der Waals surface area contributed by atoms with Gasteiger partial charge in [0.1, 0.15) is 5.82 Å². The monoisotopic (exact) mass is 291 g/mol. The standard InChI is InChI=1S/C15H21N3O3/c1-3-7-17-14(19)12-4-5-13(18-11-12)16-8-6-15(2)20-9-10-21-15/h3-5,11H,1,6-10H2,2H3,(H,16,18)(H,17,19). The molecular weight excluding hydrogens is 270 g/mol. The highest BCUT2D eigenvalue weighted by molar-refractivity contribution is 5.94. The van der Waals surface area contributed by atoms with Crippen LogP contribution in [0.2, 0.25) is 0 Å². The van der Waals surface area contributed by atoms with E-state index in [-0.39, 0.29) is 5.91 Å². The van der Waals surface area contributed by atoms with Crippen LogP contribution in [0.15, 0.2) is 31.0 Å². The Bertz CT molecular complexity index is 481. The van der Waals surface area contributed by atoms with Gasteiger partial charge in [-0.1, -0.05) is 6.08 Å². The van der Waals surface area contributed by atoms with E-state index < -0.39 is 5.79 Å². The number of hydrogen-bond donors (Lipinski definition) is 2. The number of rotatable bonds is 7. The van der Waals surface area contributed by atoms with Crippen LogP contribution >= 0.6 is 0 Å². The summed E-state index contributed by atoms with van der Waals surface area (Å²) in [6, 6.07) is 3.51. The molecule has 0 bridgehead atoms. The largest absolute Gasteiger partial charge is 0.370 e. The van der Waals surface area contributed by atoms with Gasteiger partial charge < -0.3 is 20.1 Å². The van der Waals surface area contributed by atoms with Crippen molar-refractivity contribution in [3.63, 3.8) is 0 Å². The van der Waals surface area contributed by atoms with Gasteiger partial charge in [-0.2, -0.15) is 0 Å². The highest BCUT2D eigenvalue weighted by Crippen LogP contribution is 2.22. The fourth-order valence-corrected chi connectivity index (χ4v) is 2.02. The van der Waals surface area contributed by atoms with Crippen LogP contribution in [0.4, 0.5) is 5.82 Å². The van der Waals surface area contributed by atoms with Crippen LogP contribution in [0.1, 0.15) is 23.7 Å². The number of nitrogens with zero attached hydrogens (tertiary/aromatic N) is 1. The first kappa shape index (κ1) is 15.5. The molecule has 2 N–H and O–H groups in total. The summed E-state index contributed by atoms with van der Waals surface area (Å²) in [6.07, 6.45) is 3.91. The van der Waals surface area contributed by atoms with Gasteiger partial charge in [0.2, 0.25) is 0 Å². The van der Waals surface area contributed by atoms with Crippen LogP contribution in [0.5, 0.6) is 0 Å². The smallest absolute Gasteiger partial charge is 0.253 e. The van der Waals surface area contributed by atoms with Crippen LogP contribution in [-0.2, 0) is 9.47 Å². The van der Waals surface area contributed by atoms with Gasteiger partial charge in [0.25, 0.3) is 5.91 Å². The first-order valence-electron chi connectivity index (χ1n) is 7.00. The molecule has 2 rings (SSSR count). The van der Waals surface area contributed by atoms with Crippen molar-refractivity contribution in [2.75, 3.05) is 31.6 Å². The second-order valence-electron chi connectivity index (χ2n) is 4.94. The summed E-state index contributed by atoms with van der Waals surface area (Å²) in [5.41, 5.74) is 0.525. The van der Waals surface area contributed by atoms with Gasteiger partial charge in [-0.25, -0.2) is 4.98 Å². The number of hydrogen-bond acceptors (Lipinski definition) is 5. The van der Waals surface area contributed by atoms with E-state index in [1.165, 1.54) is 0 Å². The zero-order valence-electron chi connectivity index (χ0n) is 12.2. The van der Waals surface area contributed by atoms with Crippen LogP contribution in [0.3, 0.4) is 0 Å². The third-order valence-electron chi connectivity index (χ3n) is 3.22. The van der Waals surface area contributed by atoms with Gasteiger partial charge in [0, 0.05) is 25.7 Å². The number of aromatic nitrogens is 1. The predicted octanol–water partition coefficient (Wildman–Crippen LogP) is 1.56. The quantitative estimate of drug-likeness (QED) is 0.746. The molecule has 0 spiro atoms. The van der Waals surface area contributed by atoms with Crippen LogP contribution in [0.25, 0.3) is 0 Å². The van der Waals surface area contributed by atoms with Crippen molar-refractivity contribution >= 4 is 11.7 Å². The Morgan fingerprint density at radius 2 is 2.24 bits per heavy atom. The summed E-state index contributed by atoms with van der Waals surface area (Å²) in [7, 11) is 0. The van der Waals surface area contributed by atoms with E-state index in [1.54, 1.807) is 24.4 Å². The minimum atomic E-state index is -0.502. The van der Waals surface area contributed by atoms with E-state index in [9.17, 15) is 4.79 Å². The second kappa shape index (κ2) is 7.19. The molecule has 2 heterocycles. The molecule has 0 aliphatic carbocycles. The Kier molecular flexibility index (Phi) is 5.30. The third kappa shape index (κ3) is 4.54. The SMILES string of the molecule is C=CCNC(=O)c1ccc(NCCC2(C)OCCO2)nc1. The van der Waals surface area contributed by atoms with Crippen LogP contribution in [0, 0.1) is 0 Å². The van der Waals surface area contributed by atoms with Gasteiger partial charge in [-0.3, -0.25) is 4.79 Å². The molecule has 1 fully saturated rings. The maximum atomic E-state index is 11.7. The summed E-state index contributed by atoms with van der Waals surface area (Å²) in [5.74, 6) is 0.0587. The lowest BCUT2D eigenvalue weighted by atomic mass is 10.2. The Labute approximate surface area is 124 Å². The molecule has 0 radical (unpaired) electrons. The summed E-state index contributed by atoms with van der Waals surface area (Å²) in [6.45, 7) is 7.90. The van der Waals surface area contributed by atoms with Crippen molar-refractivity contribution < 1.29 is 14.3 Å². The molecule has 21 heavy (non-hydrogen) atoms. The molecule has 1 aliphatic heterocycles. The van der Waals surface area contributed by atoms with Gasteiger partial charge in [0.15, 0.2) is 5.79 Å². The van der Waals surface area contributed by atoms with Crippen LogP contribution in [-0.4, -0.2) is 43.0 Å². The summed E-state index contributed by atoms with van der Waals surface area (Å²) in [5, 5.41) is 5.89.